The molecule has 0 saturated heterocycles. The van der Waals surface area contributed by atoms with Crippen LogP contribution in [0, 0.1) is 12.7 Å². The van der Waals surface area contributed by atoms with Crippen LogP contribution in [0.1, 0.15) is 29.3 Å². The zero-order valence-corrected chi connectivity index (χ0v) is 10.7. The summed E-state index contributed by atoms with van der Waals surface area (Å²) < 4.78 is 19.1. The summed E-state index contributed by atoms with van der Waals surface area (Å²) in [7, 11) is 0. The monoisotopic (exact) mass is 263 g/mol. The molecule has 0 saturated carbocycles. The average Bonchev–Trinajstić information content (AvgIpc) is 2.35. The molecule has 5 heteroatoms. The number of benzene rings is 1. The molecule has 0 spiro atoms. The summed E-state index contributed by atoms with van der Waals surface area (Å²) >= 11 is 0. The van der Waals surface area contributed by atoms with Crippen molar-refractivity contribution in [2.45, 2.75) is 20.3 Å². The Hall–Kier alpha value is -2.17. The molecule has 0 fully saturated rings. The molecule has 19 heavy (non-hydrogen) atoms. The Balaban J connectivity index is 2.65. The number of aryl methyl sites for hydroxylation is 1. The third-order valence-electron chi connectivity index (χ3n) is 2.65. The summed E-state index contributed by atoms with van der Waals surface area (Å²) in [4.78, 5) is 15.2. The van der Waals surface area contributed by atoms with Crippen LogP contribution < -0.4 is 4.74 Å². The van der Waals surface area contributed by atoms with E-state index < -0.39 is 11.8 Å². The van der Waals surface area contributed by atoms with E-state index in [-0.39, 0.29) is 17.0 Å². The van der Waals surface area contributed by atoms with Crippen molar-refractivity contribution in [3.63, 3.8) is 0 Å². The van der Waals surface area contributed by atoms with Gasteiger partial charge in [-0.3, -0.25) is 0 Å². The van der Waals surface area contributed by atoms with E-state index in [2.05, 4.69) is 4.98 Å². The number of carboxylic acids is 1. The lowest BCUT2D eigenvalue weighted by molar-refractivity contribution is 0.0691. The van der Waals surface area contributed by atoms with Crippen molar-refractivity contribution in [1.29, 1.82) is 0 Å². The highest BCUT2D eigenvalue weighted by Crippen LogP contribution is 2.25. The number of nitrogens with zero attached hydrogens (tertiary/aromatic N) is 1. The molecule has 2 rings (SSSR count). The van der Waals surface area contributed by atoms with Crippen LogP contribution in [0.15, 0.2) is 18.2 Å². The van der Waals surface area contributed by atoms with E-state index in [0.717, 1.165) is 6.42 Å². The molecule has 2 aromatic rings. The van der Waals surface area contributed by atoms with Crippen molar-refractivity contribution in [2.75, 3.05) is 6.61 Å². The van der Waals surface area contributed by atoms with Crippen molar-refractivity contribution in [3.8, 4) is 5.88 Å². The predicted molar refractivity (Wildman–Crippen MR) is 69.2 cm³/mol. The maximum atomic E-state index is 13.8. The number of aromatic nitrogens is 1. The molecule has 100 valence electrons. The SMILES string of the molecule is CCCOc1nc2c(F)cc(C)cc2cc1C(=O)O. The molecule has 0 bridgehead atoms. The molecule has 0 unspecified atom stereocenters. The summed E-state index contributed by atoms with van der Waals surface area (Å²) in [5.41, 5.74) is 0.790. The molecule has 0 amide bonds. The van der Waals surface area contributed by atoms with Gasteiger partial charge in [0.25, 0.3) is 0 Å². The average molecular weight is 263 g/mol. The summed E-state index contributed by atoms with van der Waals surface area (Å²) in [5.74, 6) is -1.65. The van der Waals surface area contributed by atoms with E-state index >= 15 is 0 Å². The highest BCUT2D eigenvalue weighted by atomic mass is 19.1. The van der Waals surface area contributed by atoms with E-state index in [9.17, 15) is 9.18 Å². The van der Waals surface area contributed by atoms with E-state index in [4.69, 9.17) is 9.84 Å². The zero-order valence-electron chi connectivity index (χ0n) is 10.7. The minimum absolute atomic E-state index is 0.0374. The Bertz CT molecular complexity index is 640. The fraction of sp³-hybridized carbons (Fsp3) is 0.286. The molecule has 0 aliphatic heterocycles. The predicted octanol–water partition coefficient (Wildman–Crippen LogP) is 3.17. The van der Waals surface area contributed by atoms with Crippen molar-refractivity contribution < 1.29 is 19.0 Å². The topological polar surface area (TPSA) is 59.4 Å². The molecule has 1 heterocycles. The van der Waals surface area contributed by atoms with Gasteiger partial charge < -0.3 is 9.84 Å². The second-order valence-corrected chi connectivity index (χ2v) is 4.31. The van der Waals surface area contributed by atoms with Gasteiger partial charge in [-0.2, -0.15) is 0 Å². The van der Waals surface area contributed by atoms with Crippen molar-refractivity contribution >= 4 is 16.9 Å². The van der Waals surface area contributed by atoms with E-state index in [1.165, 1.54) is 12.1 Å². The number of carbonyl (C=O) groups is 1. The number of halogens is 1. The number of rotatable bonds is 4. The lowest BCUT2D eigenvalue weighted by atomic mass is 10.1. The first-order valence-corrected chi connectivity index (χ1v) is 6.00. The number of aromatic carboxylic acids is 1. The smallest absolute Gasteiger partial charge is 0.341 e. The molecule has 0 atom stereocenters. The maximum Gasteiger partial charge on any atom is 0.341 e. The zero-order chi connectivity index (χ0) is 14.0. The molecular formula is C14H14FNO3. The van der Waals surface area contributed by atoms with Gasteiger partial charge >= 0.3 is 5.97 Å². The van der Waals surface area contributed by atoms with Crippen LogP contribution >= 0.6 is 0 Å². The highest BCUT2D eigenvalue weighted by Gasteiger charge is 2.16. The number of hydrogen-bond donors (Lipinski definition) is 1. The lowest BCUT2D eigenvalue weighted by Gasteiger charge is -2.09. The minimum Gasteiger partial charge on any atom is -0.477 e. The van der Waals surface area contributed by atoms with Crippen LogP contribution in [0.5, 0.6) is 5.88 Å². The largest absolute Gasteiger partial charge is 0.477 e. The fourth-order valence-electron chi connectivity index (χ4n) is 1.83. The third-order valence-corrected chi connectivity index (χ3v) is 2.65. The second-order valence-electron chi connectivity index (χ2n) is 4.31. The van der Waals surface area contributed by atoms with Gasteiger partial charge in [0.05, 0.1) is 6.61 Å². The van der Waals surface area contributed by atoms with Gasteiger partial charge in [0.1, 0.15) is 16.9 Å². The lowest BCUT2D eigenvalue weighted by Crippen LogP contribution is -2.06. The first-order valence-electron chi connectivity index (χ1n) is 6.00. The Labute approximate surface area is 109 Å². The molecule has 4 nitrogen and oxygen atoms in total. The Morgan fingerprint density at radius 2 is 2.16 bits per heavy atom. The van der Waals surface area contributed by atoms with Crippen LogP contribution in [-0.4, -0.2) is 22.7 Å². The quantitative estimate of drug-likeness (QED) is 0.920. The van der Waals surface area contributed by atoms with E-state index in [0.29, 0.717) is 17.6 Å². The van der Waals surface area contributed by atoms with Gasteiger partial charge in [0.2, 0.25) is 5.88 Å². The van der Waals surface area contributed by atoms with Crippen LogP contribution in [0.4, 0.5) is 4.39 Å². The first-order chi connectivity index (χ1) is 9.02. The standard InChI is InChI=1S/C14H14FNO3/c1-3-4-19-13-10(14(17)18)7-9-5-8(2)6-11(15)12(9)16-13/h5-7H,3-4H2,1-2H3,(H,17,18). The van der Waals surface area contributed by atoms with Gasteiger partial charge in [-0.25, -0.2) is 14.2 Å². The van der Waals surface area contributed by atoms with Crippen molar-refractivity contribution in [1.82, 2.24) is 4.98 Å². The number of fused-ring (bicyclic) bond motifs is 1. The van der Waals surface area contributed by atoms with Crippen LogP contribution in [-0.2, 0) is 0 Å². The van der Waals surface area contributed by atoms with E-state index in [1.807, 2.05) is 6.92 Å². The summed E-state index contributed by atoms with van der Waals surface area (Å²) in [5, 5.41) is 9.61. The summed E-state index contributed by atoms with van der Waals surface area (Å²) in [6.45, 7) is 3.97. The molecule has 0 aliphatic carbocycles. The number of hydrogen-bond acceptors (Lipinski definition) is 3. The van der Waals surface area contributed by atoms with Gasteiger partial charge in [0.15, 0.2) is 0 Å². The van der Waals surface area contributed by atoms with Gasteiger partial charge in [-0.1, -0.05) is 6.92 Å². The molecule has 1 aromatic carbocycles. The van der Waals surface area contributed by atoms with Gasteiger partial charge in [-0.05, 0) is 37.1 Å². The molecule has 0 radical (unpaired) electrons. The van der Waals surface area contributed by atoms with Gasteiger partial charge in [0, 0.05) is 5.39 Å². The van der Waals surface area contributed by atoms with Crippen molar-refractivity contribution in [2.24, 2.45) is 0 Å². The number of ether oxygens (including phenoxy) is 1. The van der Waals surface area contributed by atoms with Crippen molar-refractivity contribution in [3.05, 3.63) is 35.1 Å². The Kier molecular flexibility index (Phi) is 3.64. The normalized spacial score (nSPS) is 10.7. The highest BCUT2D eigenvalue weighted by molar-refractivity contribution is 5.95. The molecule has 0 aliphatic rings. The maximum absolute atomic E-state index is 13.8. The fourth-order valence-corrected chi connectivity index (χ4v) is 1.83. The summed E-state index contributed by atoms with van der Waals surface area (Å²) in [6.07, 6.45) is 0.717. The minimum atomic E-state index is -1.14. The van der Waals surface area contributed by atoms with Crippen LogP contribution in [0.25, 0.3) is 10.9 Å². The molecule has 1 N–H and O–H groups in total. The van der Waals surface area contributed by atoms with Crippen LogP contribution in [0.2, 0.25) is 0 Å². The number of pyridine rings is 1. The Morgan fingerprint density at radius 1 is 1.42 bits per heavy atom. The number of carboxylic acid groups (broad SMARTS) is 1. The summed E-state index contributed by atoms with van der Waals surface area (Å²) in [6, 6.07) is 4.45. The van der Waals surface area contributed by atoms with E-state index in [1.54, 1.807) is 13.0 Å². The van der Waals surface area contributed by atoms with Crippen LogP contribution in [0.3, 0.4) is 0 Å². The molecule has 1 aromatic heterocycles. The molecular weight excluding hydrogens is 249 g/mol. The Morgan fingerprint density at radius 3 is 2.79 bits per heavy atom. The first kappa shape index (κ1) is 13.3. The van der Waals surface area contributed by atoms with Gasteiger partial charge in [-0.15, -0.1) is 0 Å². The third kappa shape index (κ3) is 2.65. The second kappa shape index (κ2) is 5.22.